The first-order chi connectivity index (χ1) is 18.2. The Kier molecular flexibility index (Phi) is 9.79. The van der Waals surface area contributed by atoms with Crippen molar-refractivity contribution < 1.29 is 14.3 Å². The normalized spacial score (nSPS) is 9.86. The van der Waals surface area contributed by atoms with E-state index in [1.807, 2.05) is 87.0 Å². The van der Waals surface area contributed by atoms with Crippen molar-refractivity contribution in [1.29, 1.82) is 0 Å². The van der Waals surface area contributed by atoms with Crippen molar-refractivity contribution in [3.63, 3.8) is 0 Å². The second-order valence-electron chi connectivity index (χ2n) is 7.27. The number of aromatic nitrogens is 3. The maximum atomic E-state index is 13.0. The number of nitrogens with one attached hydrogen (secondary N) is 1. The number of amides is 1. The first-order valence-corrected chi connectivity index (χ1v) is 12.3. The fourth-order valence-corrected chi connectivity index (χ4v) is 3.43. The van der Waals surface area contributed by atoms with E-state index in [2.05, 4.69) is 15.3 Å². The lowest BCUT2D eigenvalue weighted by Crippen LogP contribution is -2.13. The predicted octanol–water partition coefficient (Wildman–Crippen LogP) is 7.50. The Morgan fingerprint density at radius 2 is 1.59 bits per heavy atom. The SMILES string of the molecule is CC.CC.COc1ccc(C(=O)Nc2ccc(-c3cn4ccccc4n3)cc2)c(Oc2ccncc2)c1. The molecule has 0 saturated heterocycles. The summed E-state index contributed by atoms with van der Waals surface area (Å²) in [5, 5.41) is 2.93. The largest absolute Gasteiger partial charge is 0.497 e. The van der Waals surface area contributed by atoms with Crippen LogP contribution in [0.3, 0.4) is 0 Å². The van der Waals surface area contributed by atoms with E-state index in [9.17, 15) is 4.79 Å². The summed E-state index contributed by atoms with van der Waals surface area (Å²) in [5.74, 6) is 1.26. The van der Waals surface area contributed by atoms with E-state index in [1.54, 1.807) is 49.8 Å². The molecule has 0 atom stereocenters. The zero-order valence-electron chi connectivity index (χ0n) is 21.8. The Balaban J connectivity index is 0.000000907. The highest BCUT2D eigenvalue weighted by atomic mass is 16.5. The van der Waals surface area contributed by atoms with Crippen LogP contribution in [-0.2, 0) is 0 Å². The maximum Gasteiger partial charge on any atom is 0.259 e. The molecular formula is C30H32N4O3. The fraction of sp³-hybridized carbons (Fsp3) is 0.167. The van der Waals surface area contributed by atoms with Crippen LogP contribution in [0.4, 0.5) is 5.69 Å². The number of pyridine rings is 2. The van der Waals surface area contributed by atoms with Gasteiger partial charge in [-0.15, -0.1) is 0 Å². The number of nitrogens with zero attached hydrogens (tertiary/aromatic N) is 3. The molecule has 1 N–H and O–H groups in total. The quantitative estimate of drug-likeness (QED) is 0.263. The van der Waals surface area contributed by atoms with E-state index >= 15 is 0 Å². The van der Waals surface area contributed by atoms with Gasteiger partial charge in [0, 0.05) is 42.1 Å². The highest BCUT2D eigenvalue weighted by Crippen LogP contribution is 2.30. The van der Waals surface area contributed by atoms with Gasteiger partial charge < -0.3 is 19.2 Å². The molecule has 3 aromatic heterocycles. The van der Waals surface area contributed by atoms with Crippen LogP contribution in [0.5, 0.6) is 17.2 Å². The first-order valence-electron chi connectivity index (χ1n) is 12.3. The van der Waals surface area contributed by atoms with E-state index in [0.717, 1.165) is 16.9 Å². The summed E-state index contributed by atoms with van der Waals surface area (Å²) in [6.45, 7) is 8.00. The monoisotopic (exact) mass is 496 g/mol. The number of anilines is 1. The Hall–Kier alpha value is -4.65. The number of methoxy groups -OCH3 is 1. The second-order valence-corrected chi connectivity index (χ2v) is 7.27. The van der Waals surface area contributed by atoms with Gasteiger partial charge in [0.25, 0.3) is 5.91 Å². The molecule has 0 saturated carbocycles. The van der Waals surface area contributed by atoms with Gasteiger partial charge in [-0.25, -0.2) is 4.98 Å². The molecule has 190 valence electrons. The summed E-state index contributed by atoms with van der Waals surface area (Å²) in [7, 11) is 1.57. The summed E-state index contributed by atoms with van der Waals surface area (Å²) in [6, 6.07) is 22.0. The van der Waals surface area contributed by atoms with Crippen LogP contribution in [0.2, 0.25) is 0 Å². The molecule has 5 rings (SSSR count). The molecule has 0 aliphatic heterocycles. The smallest absolute Gasteiger partial charge is 0.259 e. The van der Waals surface area contributed by atoms with Gasteiger partial charge in [0.2, 0.25) is 0 Å². The fourth-order valence-electron chi connectivity index (χ4n) is 3.43. The molecular weight excluding hydrogens is 464 g/mol. The summed E-state index contributed by atoms with van der Waals surface area (Å²) < 4.78 is 13.2. The van der Waals surface area contributed by atoms with Crippen LogP contribution in [0.25, 0.3) is 16.9 Å². The van der Waals surface area contributed by atoms with Crippen LogP contribution in [0.15, 0.2) is 97.6 Å². The third kappa shape index (κ3) is 6.73. The number of benzene rings is 2. The Morgan fingerprint density at radius 3 is 2.27 bits per heavy atom. The molecule has 5 aromatic rings. The van der Waals surface area contributed by atoms with Crippen molar-refractivity contribution in [3.05, 3.63) is 103 Å². The maximum absolute atomic E-state index is 13.0. The van der Waals surface area contributed by atoms with Gasteiger partial charge in [-0.2, -0.15) is 0 Å². The number of imidazole rings is 1. The number of fused-ring (bicyclic) bond motifs is 1. The number of rotatable bonds is 6. The van der Waals surface area contributed by atoms with Gasteiger partial charge in [-0.05, 0) is 48.5 Å². The zero-order chi connectivity index (χ0) is 26.6. The van der Waals surface area contributed by atoms with Gasteiger partial charge in [0.1, 0.15) is 22.9 Å². The third-order valence-corrected chi connectivity index (χ3v) is 5.11. The molecule has 2 aromatic carbocycles. The minimum atomic E-state index is -0.290. The molecule has 0 radical (unpaired) electrons. The molecule has 7 heteroatoms. The molecule has 37 heavy (non-hydrogen) atoms. The average Bonchev–Trinajstić information content (AvgIpc) is 3.40. The van der Waals surface area contributed by atoms with Crippen LogP contribution < -0.4 is 14.8 Å². The molecule has 3 heterocycles. The van der Waals surface area contributed by atoms with Gasteiger partial charge in [-0.3, -0.25) is 9.78 Å². The van der Waals surface area contributed by atoms with Crippen molar-refractivity contribution in [2.24, 2.45) is 0 Å². The van der Waals surface area contributed by atoms with Crippen molar-refractivity contribution in [1.82, 2.24) is 14.4 Å². The van der Waals surface area contributed by atoms with E-state index in [0.29, 0.717) is 28.5 Å². The van der Waals surface area contributed by atoms with Crippen LogP contribution >= 0.6 is 0 Å². The highest BCUT2D eigenvalue weighted by Gasteiger charge is 2.15. The Labute approximate surface area is 217 Å². The second kappa shape index (κ2) is 13.4. The van der Waals surface area contributed by atoms with E-state index < -0.39 is 0 Å². The molecule has 0 unspecified atom stereocenters. The standard InChI is InChI=1S/C26H20N4O3.2C2H6/c1-32-21-9-10-22(24(16-21)33-20-11-13-27-14-12-20)26(31)28-19-7-5-18(6-8-19)23-17-30-15-3-2-4-25(30)29-23;2*1-2/h2-17H,1H3,(H,28,31);2*1-2H3. The molecule has 1 amide bonds. The van der Waals surface area contributed by atoms with Gasteiger partial charge in [0.05, 0.1) is 18.4 Å². The number of carbonyl (C=O) groups excluding carboxylic acids is 1. The van der Waals surface area contributed by atoms with Crippen molar-refractivity contribution >= 4 is 17.2 Å². The van der Waals surface area contributed by atoms with Crippen LogP contribution in [0.1, 0.15) is 38.1 Å². The zero-order valence-corrected chi connectivity index (χ0v) is 21.8. The summed E-state index contributed by atoms with van der Waals surface area (Å²) in [5.41, 5.74) is 3.76. The lowest BCUT2D eigenvalue weighted by atomic mass is 10.1. The third-order valence-electron chi connectivity index (χ3n) is 5.11. The van der Waals surface area contributed by atoms with Crippen molar-refractivity contribution in [2.45, 2.75) is 27.7 Å². The summed E-state index contributed by atoms with van der Waals surface area (Å²) in [6.07, 6.45) is 7.18. The van der Waals surface area contributed by atoms with E-state index in [4.69, 9.17) is 9.47 Å². The molecule has 0 fully saturated rings. The number of carbonyl (C=O) groups is 1. The Bertz CT molecular complexity index is 1380. The molecule has 7 nitrogen and oxygen atoms in total. The van der Waals surface area contributed by atoms with E-state index in [1.165, 1.54) is 0 Å². The molecule has 0 bridgehead atoms. The van der Waals surface area contributed by atoms with Gasteiger partial charge in [0.15, 0.2) is 0 Å². The Morgan fingerprint density at radius 1 is 0.865 bits per heavy atom. The number of hydrogen-bond acceptors (Lipinski definition) is 5. The summed E-state index contributed by atoms with van der Waals surface area (Å²) in [4.78, 5) is 21.7. The van der Waals surface area contributed by atoms with Crippen molar-refractivity contribution in [3.8, 4) is 28.5 Å². The lowest BCUT2D eigenvalue weighted by Gasteiger charge is -2.13. The molecule has 0 aliphatic rings. The number of hydrogen-bond donors (Lipinski definition) is 1. The van der Waals surface area contributed by atoms with E-state index in [-0.39, 0.29) is 5.91 Å². The summed E-state index contributed by atoms with van der Waals surface area (Å²) >= 11 is 0. The van der Waals surface area contributed by atoms with Crippen molar-refractivity contribution in [2.75, 3.05) is 12.4 Å². The van der Waals surface area contributed by atoms with Gasteiger partial charge in [-0.1, -0.05) is 45.9 Å². The number of ether oxygens (including phenoxy) is 2. The first kappa shape index (κ1) is 26.9. The lowest BCUT2D eigenvalue weighted by molar-refractivity contribution is 0.102. The molecule has 0 aliphatic carbocycles. The topological polar surface area (TPSA) is 77.8 Å². The highest BCUT2D eigenvalue weighted by molar-refractivity contribution is 6.06. The minimum absolute atomic E-state index is 0.290. The minimum Gasteiger partial charge on any atom is -0.497 e. The predicted molar refractivity (Wildman–Crippen MR) is 149 cm³/mol. The van der Waals surface area contributed by atoms with Gasteiger partial charge >= 0.3 is 0 Å². The molecule has 0 spiro atoms. The van der Waals surface area contributed by atoms with Crippen LogP contribution in [0, 0.1) is 0 Å². The van der Waals surface area contributed by atoms with Crippen LogP contribution in [-0.4, -0.2) is 27.4 Å². The average molecular weight is 497 g/mol.